The summed E-state index contributed by atoms with van der Waals surface area (Å²) >= 11 is -2.75. The van der Waals surface area contributed by atoms with E-state index in [-0.39, 0.29) is 0 Å². The average Bonchev–Trinajstić information content (AvgIpc) is 3.07. The van der Waals surface area contributed by atoms with Crippen molar-refractivity contribution in [3.63, 3.8) is 0 Å². The van der Waals surface area contributed by atoms with Crippen molar-refractivity contribution in [2.45, 2.75) is 67.2 Å². The zero-order valence-corrected chi connectivity index (χ0v) is 17.5. The molecule has 2 saturated heterocycles. The third-order valence-electron chi connectivity index (χ3n) is 5.09. The van der Waals surface area contributed by atoms with E-state index in [0.29, 0.717) is 12.2 Å². The van der Waals surface area contributed by atoms with Gasteiger partial charge in [-0.05, 0) is 0 Å². The predicted octanol–water partition coefficient (Wildman–Crippen LogP) is 4.33. The van der Waals surface area contributed by atoms with Crippen molar-refractivity contribution >= 4 is 19.2 Å². The quantitative estimate of drug-likeness (QED) is 0.581. The van der Waals surface area contributed by atoms with Crippen molar-refractivity contribution in [1.82, 2.24) is 4.90 Å². The Balaban J connectivity index is 1.56. The van der Waals surface area contributed by atoms with Gasteiger partial charge >= 0.3 is 146 Å². The average molecular weight is 424 g/mol. The monoisotopic (exact) mass is 425 g/mol. The van der Waals surface area contributed by atoms with Crippen molar-refractivity contribution in [3.05, 3.63) is 35.9 Å². The van der Waals surface area contributed by atoms with Gasteiger partial charge in [-0.15, -0.1) is 0 Å². The van der Waals surface area contributed by atoms with Crippen LogP contribution in [0.15, 0.2) is 30.3 Å². The van der Waals surface area contributed by atoms with Crippen LogP contribution in [0.25, 0.3) is 0 Å². The first-order valence-electron chi connectivity index (χ1n) is 9.36. The molecule has 2 fully saturated rings. The number of nitrogens with zero attached hydrogens (tertiary/aromatic N) is 1. The molecule has 0 amide bonds. The molecular weight excluding hydrogens is 393 g/mol. The van der Waals surface area contributed by atoms with E-state index in [1.54, 1.807) is 0 Å². The molecule has 4 heteroatoms. The predicted molar refractivity (Wildman–Crippen MR) is 96.6 cm³/mol. The molecule has 0 saturated carbocycles. The molecule has 2 aliphatic rings. The second-order valence-electron chi connectivity index (χ2n) is 7.11. The third kappa shape index (κ3) is 4.50. The molecule has 0 aromatic heterocycles. The number of likely N-dealkylation sites (tertiary alicyclic amines) is 1. The summed E-state index contributed by atoms with van der Waals surface area (Å²) in [5.41, 5.74) is 1.39. The number of rotatable bonds is 8. The van der Waals surface area contributed by atoms with Gasteiger partial charge in [0.25, 0.3) is 0 Å². The fourth-order valence-electron chi connectivity index (χ4n) is 3.85. The van der Waals surface area contributed by atoms with Gasteiger partial charge in [0.1, 0.15) is 0 Å². The third-order valence-corrected chi connectivity index (χ3v) is 15.6. The van der Waals surface area contributed by atoms with E-state index >= 15 is 0 Å². The second-order valence-corrected chi connectivity index (χ2v) is 16.5. The Labute approximate surface area is 146 Å². The molecule has 0 N–H and O–H groups in total. The SMILES string of the molecule is CCC[CH2][Sn]1([CH2]CCC)[O][C@H]2CN(Cc3ccccc3)C[C@@H]2[O]1. The molecule has 1 aromatic carbocycles. The molecule has 0 spiro atoms. The van der Waals surface area contributed by atoms with Gasteiger partial charge in [-0.2, -0.15) is 0 Å². The summed E-state index contributed by atoms with van der Waals surface area (Å²) in [5.74, 6) is 0. The van der Waals surface area contributed by atoms with E-state index in [1.165, 1.54) is 40.1 Å². The fraction of sp³-hybridized carbons (Fsp3) is 0.684. The second kappa shape index (κ2) is 8.32. The van der Waals surface area contributed by atoms with Gasteiger partial charge in [-0.1, -0.05) is 0 Å². The molecule has 2 heterocycles. The Kier molecular flexibility index (Phi) is 6.41. The number of unbranched alkanes of at least 4 members (excludes halogenated alkanes) is 2. The summed E-state index contributed by atoms with van der Waals surface area (Å²) in [7, 11) is 0. The van der Waals surface area contributed by atoms with Gasteiger partial charge in [-0.25, -0.2) is 0 Å². The summed E-state index contributed by atoms with van der Waals surface area (Å²) in [6.45, 7) is 7.67. The number of benzene rings is 1. The van der Waals surface area contributed by atoms with Crippen molar-refractivity contribution < 1.29 is 6.15 Å². The van der Waals surface area contributed by atoms with Gasteiger partial charge in [0.05, 0.1) is 0 Å². The van der Waals surface area contributed by atoms with Crippen molar-refractivity contribution in [2.75, 3.05) is 13.1 Å². The molecule has 2 aliphatic heterocycles. The van der Waals surface area contributed by atoms with E-state index in [0.717, 1.165) is 19.6 Å². The van der Waals surface area contributed by atoms with E-state index in [2.05, 4.69) is 49.1 Å². The van der Waals surface area contributed by atoms with Crippen LogP contribution in [0.2, 0.25) is 8.87 Å². The fourth-order valence-corrected chi connectivity index (χ4v) is 15.6. The zero-order chi connectivity index (χ0) is 16.1. The van der Waals surface area contributed by atoms with Crippen LogP contribution in [0, 0.1) is 0 Å². The van der Waals surface area contributed by atoms with E-state index < -0.39 is 19.2 Å². The zero-order valence-electron chi connectivity index (χ0n) is 14.7. The molecule has 3 rings (SSSR count). The Morgan fingerprint density at radius 3 is 2.04 bits per heavy atom. The van der Waals surface area contributed by atoms with Crippen molar-refractivity contribution in [2.24, 2.45) is 0 Å². The van der Waals surface area contributed by atoms with Crippen LogP contribution in [0.4, 0.5) is 0 Å². The molecule has 23 heavy (non-hydrogen) atoms. The van der Waals surface area contributed by atoms with E-state index in [9.17, 15) is 0 Å². The maximum absolute atomic E-state index is 6.69. The van der Waals surface area contributed by atoms with Crippen molar-refractivity contribution in [1.29, 1.82) is 0 Å². The molecule has 0 bridgehead atoms. The van der Waals surface area contributed by atoms with Crippen LogP contribution in [-0.2, 0) is 12.7 Å². The molecule has 0 aliphatic carbocycles. The molecule has 0 unspecified atom stereocenters. The first kappa shape index (κ1) is 17.7. The van der Waals surface area contributed by atoms with Gasteiger partial charge in [0.15, 0.2) is 0 Å². The molecule has 0 radical (unpaired) electrons. The molecular formula is C19H31NO2Sn. The standard InChI is InChI=1S/C11H13NO2.2C4H9.Sn/c13-10-7-12(8-11(10)14)6-9-4-2-1-3-5-9;2*1-3-4-2;/h1-5,10-11H,6-8H2;2*1,3-4H2,2H3;/q-2;;;+2/t10-,11-;;;/m0.../s1. The molecule has 128 valence electrons. The summed E-state index contributed by atoms with van der Waals surface area (Å²) in [6, 6.07) is 10.7. The van der Waals surface area contributed by atoms with Gasteiger partial charge < -0.3 is 0 Å². The summed E-state index contributed by atoms with van der Waals surface area (Å²) in [6.07, 6.45) is 5.78. The molecule has 3 nitrogen and oxygen atoms in total. The molecule has 1 aromatic rings. The number of hydrogen-bond donors (Lipinski definition) is 0. The Bertz CT molecular complexity index is 458. The Morgan fingerprint density at radius 2 is 1.52 bits per heavy atom. The maximum atomic E-state index is 6.69. The van der Waals surface area contributed by atoms with Crippen LogP contribution in [0.3, 0.4) is 0 Å². The Hall–Kier alpha value is -0.101. The Morgan fingerprint density at radius 1 is 0.957 bits per heavy atom. The van der Waals surface area contributed by atoms with E-state index in [1.807, 2.05) is 0 Å². The minimum absolute atomic E-state index is 0.350. The minimum atomic E-state index is -2.75. The van der Waals surface area contributed by atoms with Crippen LogP contribution in [0.1, 0.15) is 45.1 Å². The van der Waals surface area contributed by atoms with Crippen LogP contribution < -0.4 is 0 Å². The summed E-state index contributed by atoms with van der Waals surface area (Å²) in [5, 5.41) is 0. The van der Waals surface area contributed by atoms with Gasteiger partial charge in [-0.3, -0.25) is 0 Å². The number of hydrogen-bond acceptors (Lipinski definition) is 3. The van der Waals surface area contributed by atoms with Crippen LogP contribution in [-0.4, -0.2) is 49.4 Å². The normalized spacial score (nSPS) is 26.5. The summed E-state index contributed by atoms with van der Waals surface area (Å²) < 4.78 is 15.9. The topological polar surface area (TPSA) is 21.7 Å². The van der Waals surface area contributed by atoms with Crippen LogP contribution in [0.5, 0.6) is 0 Å². The first-order valence-corrected chi connectivity index (χ1v) is 15.7. The van der Waals surface area contributed by atoms with Crippen molar-refractivity contribution in [3.8, 4) is 0 Å². The van der Waals surface area contributed by atoms with E-state index in [4.69, 9.17) is 6.15 Å². The van der Waals surface area contributed by atoms with Gasteiger partial charge in [0, 0.05) is 0 Å². The van der Waals surface area contributed by atoms with Crippen LogP contribution >= 0.6 is 0 Å². The van der Waals surface area contributed by atoms with Gasteiger partial charge in [0.2, 0.25) is 0 Å². The number of fused-ring (bicyclic) bond motifs is 1. The summed E-state index contributed by atoms with van der Waals surface area (Å²) in [4.78, 5) is 2.50. The molecule has 2 atom stereocenters. The first-order chi connectivity index (χ1) is 11.2.